The average molecular weight is 356 g/mol. The Labute approximate surface area is 153 Å². The summed E-state index contributed by atoms with van der Waals surface area (Å²) in [6.45, 7) is 4.82. The highest BCUT2D eigenvalue weighted by Crippen LogP contribution is 2.41. The number of likely N-dealkylation sites (tertiary alicyclic amines) is 2. The molecule has 25 heavy (non-hydrogen) atoms. The summed E-state index contributed by atoms with van der Waals surface area (Å²) in [4.78, 5) is 20.9. The quantitative estimate of drug-likeness (QED) is 0.845. The van der Waals surface area contributed by atoms with E-state index in [1.54, 1.807) is 24.5 Å². The van der Waals surface area contributed by atoms with Crippen LogP contribution in [0, 0.1) is 5.41 Å². The van der Waals surface area contributed by atoms with E-state index < -0.39 is 0 Å². The molecule has 130 valence electrons. The monoisotopic (exact) mass is 355 g/mol. The first-order valence-corrected chi connectivity index (χ1v) is 9.18. The van der Waals surface area contributed by atoms with Gasteiger partial charge in [-0.3, -0.25) is 14.7 Å². The van der Waals surface area contributed by atoms with Gasteiger partial charge < -0.3 is 4.90 Å². The molecule has 2 aromatic rings. The number of amides is 1. The second-order valence-corrected chi connectivity index (χ2v) is 7.67. The summed E-state index contributed by atoms with van der Waals surface area (Å²) in [7, 11) is 0. The van der Waals surface area contributed by atoms with Crippen LogP contribution in [0.2, 0.25) is 5.02 Å². The summed E-state index contributed by atoms with van der Waals surface area (Å²) >= 11 is 6.27. The Kier molecular flexibility index (Phi) is 4.48. The van der Waals surface area contributed by atoms with Crippen molar-refractivity contribution in [1.29, 1.82) is 0 Å². The summed E-state index contributed by atoms with van der Waals surface area (Å²) in [6, 6.07) is 11.7. The fourth-order valence-corrected chi connectivity index (χ4v) is 4.15. The van der Waals surface area contributed by atoms with Gasteiger partial charge in [-0.2, -0.15) is 0 Å². The molecule has 1 amide bonds. The van der Waals surface area contributed by atoms with Gasteiger partial charge in [0, 0.05) is 48.0 Å². The van der Waals surface area contributed by atoms with E-state index in [0.29, 0.717) is 5.41 Å². The Hall–Kier alpha value is -1.91. The molecule has 2 aliphatic heterocycles. The molecule has 3 heterocycles. The molecule has 0 N–H and O–H groups in total. The van der Waals surface area contributed by atoms with Crippen LogP contribution in [0.5, 0.6) is 0 Å². The Morgan fingerprint density at radius 3 is 2.44 bits per heavy atom. The van der Waals surface area contributed by atoms with Crippen molar-refractivity contribution in [2.24, 2.45) is 5.41 Å². The minimum absolute atomic E-state index is 0.131. The zero-order chi connectivity index (χ0) is 17.3. The van der Waals surface area contributed by atoms with Crippen LogP contribution < -0.4 is 0 Å². The van der Waals surface area contributed by atoms with Gasteiger partial charge in [0.2, 0.25) is 0 Å². The number of carbonyl (C=O) groups is 1. The number of hydrogen-bond donors (Lipinski definition) is 0. The summed E-state index contributed by atoms with van der Waals surface area (Å²) in [5, 5.41) is 0.848. The van der Waals surface area contributed by atoms with Crippen molar-refractivity contribution >= 4 is 17.5 Å². The Bertz CT molecular complexity index is 749. The number of carbonyl (C=O) groups excluding carboxylic acids is 1. The van der Waals surface area contributed by atoms with E-state index in [1.807, 2.05) is 23.1 Å². The molecule has 0 unspecified atom stereocenters. The van der Waals surface area contributed by atoms with Gasteiger partial charge in [-0.25, -0.2) is 0 Å². The molecule has 0 atom stereocenters. The van der Waals surface area contributed by atoms with Crippen molar-refractivity contribution < 1.29 is 4.79 Å². The molecule has 2 fully saturated rings. The van der Waals surface area contributed by atoms with Crippen molar-refractivity contribution in [3.05, 3.63) is 64.9 Å². The smallest absolute Gasteiger partial charge is 0.254 e. The van der Waals surface area contributed by atoms with E-state index in [0.717, 1.165) is 56.2 Å². The maximum absolute atomic E-state index is 12.5. The van der Waals surface area contributed by atoms with Gasteiger partial charge in [0.15, 0.2) is 0 Å². The fraction of sp³-hybridized carbons (Fsp3) is 0.400. The normalized spacial score (nSPS) is 19.6. The zero-order valence-corrected chi connectivity index (χ0v) is 15.0. The number of benzene rings is 1. The predicted molar refractivity (Wildman–Crippen MR) is 98.5 cm³/mol. The third kappa shape index (κ3) is 3.42. The van der Waals surface area contributed by atoms with E-state index in [4.69, 9.17) is 11.6 Å². The number of pyridine rings is 1. The number of halogens is 1. The van der Waals surface area contributed by atoms with Crippen LogP contribution in [-0.4, -0.2) is 46.9 Å². The maximum Gasteiger partial charge on any atom is 0.254 e. The Morgan fingerprint density at radius 2 is 1.76 bits per heavy atom. The summed E-state index contributed by atoms with van der Waals surface area (Å²) in [5.41, 5.74) is 2.25. The molecule has 0 bridgehead atoms. The van der Waals surface area contributed by atoms with Gasteiger partial charge >= 0.3 is 0 Å². The van der Waals surface area contributed by atoms with Crippen LogP contribution in [0.25, 0.3) is 0 Å². The van der Waals surface area contributed by atoms with Crippen LogP contribution in [0.1, 0.15) is 28.8 Å². The highest BCUT2D eigenvalue weighted by atomic mass is 35.5. The predicted octanol–water partition coefficient (Wildman–Crippen LogP) is 3.47. The van der Waals surface area contributed by atoms with Crippen LogP contribution in [-0.2, 0) is 6.54 Å². The lowest BCUT2D eigenvalue weighted by Gasteiger charge is -2.54. The first kappa shape index (κ1) is 16.6. The third-order valence-electron chi connectivity index (χ3n) is 5.54. The molecule has 2 aliphatic rings. The van der Waals surface area contributed by atoms with Crippen LogP contribution in [0.3, 0.4) is 0 Å². The SMILES string of the molecule is O=C(c1ccncc1)N1CC2(CCN(Cc3ccccc3Cl)CC2)C1. The minimum Gasteiger partial charge on any atom is -0.337 e. The van der Waals surface area contributed by atoms with E-state index in [1.165, 1.54) is 5.56 Å². The van der Waals surface area contributed by atoms with Crippen molar-refractivity contribution in [3.8, 4) is 0 Å². The van der Waals surface area contributed by atoms with Crippen molar-refractivity contribution in [2.45, 2.75) is 19.4 Å². The van der Waals surface area contributed by atoms with Crippen molar-refractivity contribution in [3.63, 3.8) is 0 Å². The first-order valence-electron chi connectivity index (χ1n) is 8.80. The topological polar surface area (TPSA) is 36.4 Å². The van der Waals surface area contributed by atoms with Crippen LogP contribution >= 0.6 is 11.6 Å². The molecule has 0 aliphatic carbocycles. The number of piperidine rings is 1. The summed E-state index contributed by atoms with van der Waals surface area (Å²) in [6.07, 6.45) is 5.65. The molecule has 0 radical (unpaired) electrons. The molecule has 1 spiro atoms. The Balaban J connectivity index is 1.30. The van der Waals surface area contributed by atoms with E-state index in [-0.39, 0.29) is 5.91 Å². The Morgan fingerprint density at radius 1 is 1.08 bits per heavy atom. The maximum atomic E-state index is 12.5. The molecule has 0 saturated carbocycles. The number of nitrogens with zero attached hydrogens (tertiary/aromatic N) is 3. The lowest BCUT2D eigenvalue weighted by atomic mass is 9.71. The minimum atomic E-state index is 0.131. The largest absolute Gasteiger partial charge is 0.337 e. The molecule has 1 aromatic heterocycles. The van der Waals surface area contributed by atoms with Crippen molar-refractivity contribution in [2.75, 3.05) is 26.2 Å². The molecular formula is C20H22ClN3O. The first-order chi connectivity index (χ1) is 12.2. The fourth-order valence-electron chi connectivity index (χ4n) is 3.95. The highest BCUT2D eigenvalue weighted by molar-refractivity contribution is 6.31. The second kappa shape index (κ2) is 6.77. The van der Waals surface area contributed by atoms with E-state index >= 15 is 0 Å². The van der Waals surface area contributed by atoms with E-state index in [2.05, 4.69) is 16.0 Å². The molecule has 4 rings (SSSR count). The standard InChI is InChI=1S/C20H22ClN3O/c21-18-4-2-1-3-17(18)13-23-11-7-20(8-12-23)14-24(15-20)19(25)16-5-9-22-10-6-16/h1-6,9-10H,7-8,11-15H2. The van der Waals surface area contributed by atoms with Gasteiger partial charge in [0.1, 0.15) is 0 Å². The lowest BCUT2D eigenvalue weighted by molar-refractivity contribution is -0.0336. The van der Waals surface area contributed by atoms with E-state index in [9.17, 15) is 4.79 Å². The number of rotatable bonds is 3. The molecular weight excluding hydrogens is 334 g/mol. The second-order valence-electron chi connectivity index (χ2n) is 7.26. The van der Waals surface area contributed by atoms with Crippen molar-refractivity contribution in [1.82, 2.24) is 14.8 Å². The van der Waals surface area contributed by atoms with Gasteiger partial charge in [0.05, 0.1) is 0 Å². The number of aromatic nitrogens is 1. The van der Waals surface area contributed by atoms with Gasteiger partial charge in [-0.05, 0) is 49.7 Å². The molecule has 2 saturated heterocycles. The molecule has 1 aromatic carbocycles. The average Bonchev–Trinajstić information content (AvgIpc) is 2.63. The zero-order valence-electron chi connectivity index (χ0n) is 14.2. The van der Waals surface area contributed by atoms with Crippen LogP contribution in [0.15, 0.2) is 48.8 Å². The third-order valence-corrected chi connectivity index (χ3v) is 5.90. The lowest BCUT2D eigenvalue weighted by Crippen LogP contribution is -2.61. The highest BCUT2D eigenvalue weighted by Gasteiger charge is 2.46. The van der Waals surface area contributed by atoms with Gasteiger partial charge in [-0.15, -0.1) is 0 Å². The summed E-state index contributed by atoms with van der Waals surface area (Å²) < 4.78 is 0. The van der Waals surface area contributed by atoms with Gasteiger partial charge in [0.25, 0.3) is 5.91 Å². The number of hydrogen-bond acceptors (Lipinski definition) is 3. The van der Waals surface area contributed by atoms with Crippen LogP contribution in [0.4, 0.5) is 0 Å². The van der Waals surface area contributed by atoms with Gasteiger partial charge in [-0.1, -0.05) is 29.8 Å². The summed E-state index contributed by atoms with van der Waals surface area (Å²) in [5.74, 6) is 0.131. The molecule has 4 nitrogen and oxygen atoms in total. The molecule has 5 heteroatoms.